The van der Waals surface area contributed by atoms with Gasteiger partial charge in [-0.1, -0.05) is 24.3 Å². The maximum absolute atomic E-state index is 12.5. The van der Waals surface area contributed by atoms with Crippen molar-refractivity contribution >= 4 is 5.91 Å². The molecular weight excluding hydrogens is 306 g/mol. The number of aromatic nitrogens is 2. The van der Waals surface area contributed by atoms with Gasteiger partial charge in [0.05, 0.1) is 12.1 Å². The molecule has 1 saturated carbocycles. The van der Waals surface area contributed by atoms with E-state index >= 15 is 0 Å². The van der Waals surface area contributed by atoms with Crippen molar-refractivity contribution in [2.45, 2.75) is 44.4 Å². The predicted molar refractivity (Wildman–Crippen MR) is 89.7 cm³/mol. The Bertz CT molecular complexity index is 736. The summed E-state index contributed by atoms with van der Waals surface area (Å²) in [6.07, 6.45) is -1.44. The molecular formula is C18H23N3O3. The lowest BCUT2D eigenvalue weighted by Crippen LogP contribution is -2.45. The van der Waals surface area contributed by atoms with Gasteiger partial charge in [-0.25, -0.2) is 0 Å². The number of aliphatic hydroxyl groups is 2. The molecule has 128 valence electrons. The smallest absolute Gasteiger partial charge is 0.272 e. The first-order valence-electron chi connectivity index (χ1n) is 8.11. The van der Waals surface area contributed by atoms with Gasteiger partial charge in [-0.3, -0.25) is 9.48 Å². The lowest BCUT2D eigenvalue weighted by Gasteiger charge is -2.24. The normalized spacial score (nSPS) is 26.5. The first kappa shape index (κ1) is 16.7. The van der Waals surface area contributed by atoms with Gasteiger partial charge in [-0.05, 0) is 37.5 Å². The molecule has 0 spiro atoms. The number of hydrogen-bond acceptors (Lipinski definition) is 4. The monoisotopic (exact) mass is 329 g/mol. The quantitative estimate of drug-likeness (QED) is 0.785. The van der Waals surface area contributed by atoms with Crippen LogP contribution in [0.1, 0.15) is 39.6 Å². The van der Waals surface area contributed by atoms with Gasteiger partial charge in [0.15, 0.2) is 0 Å². The number of rotatable bonds is 3. The summed E-state index contributed by atoms with van der Waals surface area (Å²) in [6.45, 7) is 3.86. The lowest BCUT2D eigenvalue weighted by molar-refractivity contribution is 0.0294. The molecule has 1 aliphatic rings. The molecule has 1 aliphatic carbocycles. The summed E-state index contributed by atoms with van der Waals surface area (Å²) in [7, 11) is 1.77. The zero-order chi connectivity index (χ0) is 17.4. The number of nitrogens with zero attached hydrogens (tertiary/aromatic N) is 2. The van der Waals surface area contributed by atoms with E-state index in [-0.39, 0.29) is 11.8 Å². The van der Waals surface area contributed by atoms with Crippen LogP contribution in [0.5, 0.6) is 0 Å². The molecule has 6 nitrogen and oxygen atoms in total. The third-order valence-corrected chi connectivity index (χ3v) is 4.92. The number of carbonyl (C=O) groups is 1. The van der Waals surface area contributed by atoms with Crippen LogP contribution in [0.2, 0.25) is 0 Å². The van der Waals surface area contributed by atoms with Crippen molar-refractivity contribution < 1.29 is 15.0 Å². The first-order valence-corrected chi connectivity index (χ1v) is 8.11. The second-order valence-electron chi connectivity index (χ2n) is 6.55. The topological polar surface area (TPSA) is 87.4 Å². The van der Waals surface area contributed by atoms with E-state index in [0.717, 1.165) is 16.8 Å². The van der Waals surface area contributed by atoms with E-state index < -0.39 is 18.2 Å². The minimum atomic E-state index is -0.997. The van der Waals surface area contributed by atoms with E-state index in [1.54, 1.807) is 17.8 Å². The van der Waals surface area contributed by atoms with Gasteiger partial charge >= 0.3 is 0 Å². The zero-order valence-corrected chi connectivity index (χ0v) is 14.1. The van der Waals surface area contributed by atoms with Crippen LogP contribution >= 0.6 is 0 Å². The summed E-state index contributed by atoms with van der Waals surface area (Å²) >= 11 is 0. The zero-order valence-electron chi connectivity index (χ0n) is 14.1. The summed E-state index contributed by atoms with van der Waals surface area (Å²) in [5.41, 5.74) is 3.31. The molecule has 1 fully saturated rings. The third kappa shape index (κ3) is 2.95. The fraction of sp³-hybridized carbons (Fsp3) is 0.444. The summed E-state index contributed by atoms with van der Waals surface area (Å²) in [4.78, 5) is 12.5. The number of amides is 1. The molecule has 4 atom stereocenters. The van der Waals surface area contributed by atoms with Crippen LogP contribution in [0.15, 0.2) is 30.3 Å². The average molecular weight is 329 g/mol. The molecule has 2 aromatic rings. The fourth-order valence-corrected chi connectivity index (χ4v) is 3.43. The van der Waals surface area contributed by atoms with Crippen LogP contribution in [0.3, 0.4) is 0 Å². The molecule has 0 unspecified atom stereocenters. The fourth-order valence-electron chi connectivity index (χ4n) is 3.43. The summed E-state index contributed by atoms with van der Waals surface area (Å²) < 4.78 is 1.63. The van der Waals surface area contributed by atoms with Gasteiger partial charge in [0.25, 0.3) is 5.91 Å². The highest BCUT2D eigenvalue weighted by Gasteiger charge is 2.43. The van der Waals surface area contributed by atoms with E-state index in [0.29, 0.717) is 12.1 Å². The Balaban J connectivity index is 1.86. The minimum Gasteiger partial charge on any atom is -0.390 e. The minimum absolute atomic E-state index is 0.134. The van der Waals surface area contributed by atoms with Crippen LogP contribution in [0.25, 0.3) is 0 Å². The predicted octanol–water partition coefficient (Wildman–Crippen LogP) is 1.04. The van der Waals surface area contributed by atoms with Crippen molar-refractivity contribution in [3.05, 3.63) is 52.8 Å². The number of carbonyl (C=O) groups excluding carboxylic acids is 1. The van der Waals surface area contributed by atoms with Crippen molar-refractivity contribution in [2.24, 2.45) is 7.05 Å². The van der Waals surface area contributed by atoms with Gasteiger partial charge in [-0.15, -0.1) is 0 Å². The number of aliphatic hydroxyl groups excluding tert-OH is 2. The summed E-state index contributed by atoms with van der Waals surface area (Å²) in [5, 5.41) is 27.5. The van der Waals surface area contributed by atoms with Crippen molar-refractivity contribution in [3.8, 4) is 0 Å². The molecule has 24 heavy (non-hydrogen) atoms. The second-order valence-corrected chi connectivity index (χ2v) is 6.55. The van der Waals surface area contributed by atoms with E-state index in [2.05, 4.69) is 10.4 Å². The van der Waals surface area contributed by atoms with Crippen LogP contribution in [-0.4, -0.2) is 44.2 Å². The molecule has 1 heterocycles. The van der Waals surface area contributed by atoms with Gasteiger partial charge in [-0.2, -0.15) is 5.10 Å². The summed E-state index contributed by atoms with van der Waals surface area (Å²) in [5.74, 6) is -0.472. The maximum Gasteiger partial charge on any atom is 0.272 e. The molecule has 3 rings (SSSR count). The van der Waals surface area contributed by atoms with Gasteiger partial charge in [0.2, 0.25) is 0 Å². The molecule has 0 radical (unpaired) electrons. The van der Waals surface area contributed by atoms with Crippen molar-refractivity contribution in [1.29, 1.82) is 0 Å². The van der Waals surface area contributed by atoms with E-state index in [1.807, 2.05) is 38.1 Å². The van der Waals surface area contributed by atoms with Crippen molar-refractivity contribution in [1.82, 2.24) is 15.1 Å². The van der Waals surface area contributed by atoms with Gasteiger partial charge in [0, 0.05) is 18.7 Å². The number of aryl methyl sites for hydroxylation is 3. The van der Waals surface area contributed by atoms with Crippen LogP contribution in [0, 0.1) is 13.8 Å². The Morgan fingerprint density at radius 3 is 2.62 bits per heavy atom. The van der Waals surface area contributed by atoms with E-state index in [4.69, 9.17) is 0 Å². The van der Waals surface area contributed by atoms with Gasteiger partial charge in [0.1, 0.15) is 11.8 Å². The van der Waals surface area contributed by atoms with Gasteiger partial charge < -0.3 is 15.5 Å². The summed E-state index contributed by atoms with van der Waals surface area (Å²) in [6, 6.07) is 9.01. The van der Waals surface area contributed by atoms with Crippen molar-refractivity contribution in [2.75, 3.05) is 0 Å². The Morgan fingerprint density at radius 1 is 1.29 bits per heavy atom. The third-order valence-electron chi connectivity index (χ3n) is 4.92. The van der Waals surface area contributed by atoms with Crippen LogP contribution in [-0.2, 0) is 7.05 Å². The lowest BCUT2D eigenvalue weighted by atomic mass is 9.90. The second kappa shape index (κ2) is 6.37. The molecule has 1 aromatic carbocycles. The number of nitrogens with one attached hydrogen (secondary N) is 1. The molecule has 0 saturated heterocycles. The Hall–Kier alpha value is -2.18. The maximum atomic E-state index is 12.5. The number of benzene rings is 1. The highest BCUT2D eigenvalue weighted by molar-refractivity contribution is 5.92. The number of hydrogen-bond donors (Lipinski definition) is 3. The highest BCUT2D eigenvalue weighted by Crippen LogP contribution is 2.36. The molecule has 0 bridgehead atoms. The Morgan fingerprint density at radius 2 is 2.00 bits per heavy atom. The largest absolute Gasteiger partial charge is 0.390 e. The average Bonchev–Trinajstić information content (AvgIpc) is 3.02. The van der Waals surface area contributed by atoms with E-state index in [1.165, 1.54) is 0 Å². The molecule has 3 N–H and O–H groups in total. The van der Waals surface area contributed by atoms with Crippen LogP contribution < -0.4 is 5.32 Å². The SMILES string of the molecule is Cc1ccccc1[C@H]1C[C@@H](O)[C@@H](O)[C@@H]1NC(=O)c1cc(C)n(C)n1. The Kier molecular flexibility index (Phi) is 4.43. The standard InChI is InChI=1S/C18H23N3O3/c1-10-6-4-5-7-12(10)13-9-15(22)17(23)16(13)19-18(24)14-8-11(2)21(3)20-14/h4-8,13,15-17,22-23H,9H2,1-3H3,(H,19,24)/t13-,15-,16-,17-/m1/s1. The molecule has 0 aliphatic heterocycles. The molecule has 1 amide bonds. The van der Waals surface area contributed by atoms with Crippen LogP contribution in [0.4, 0.5) is 0 Å². The molecule has 6 heteroatoms. The first-order chi connectivity index (χ1) is 11.4. The Labute approximate surface area is 141 Å². The highest BCUT2D eigenvalue weighted by atomic mass is 16.3. The van der Waals surface area contributed by atoms with E-state index in [9.17, 15) is 15.0 Å². The molecule has 1 aromatic heterocycles. The van der Waals surface area contributed by atoms with Crippen molar-refractivity contribution in [3.63, 3.8) is 0 Å².